The molecule has 0 saturated carbocycles. The van der Waals surface area contributed by atoms with E-state index in [1.54, 1.807) is 22.9 Å². The largest absolute Gasteiger partial charge is 0.334 e. The second-order valence-corrected chi connectivity index (χ2v) is 4.88. The molecular formula is C14H8ClN5O. The standard InChI is InChI=1S/C14H8ClN5O/c15-11-3-1-2-9(6-11)14-17-13(19-21-14)10-4-5-12-18-16-8-20(12)7-10/h1-8H. The van der Waals surface area contributed by atoms with Crippen LogP contribution >= 0.6 is 11.6 Å². The zero-order valence-corrected chi connectivity index (χ0v) is 11.4. The predicted molar refractivity (Wildman–Crippen MR) is 76.7 cm³/mol. The van der Waals surface area contributed by atoms with E-state index in [1.807, 2.05) is 30.5 Å². The number of nitrogens with zero attached hydrogens (tertiary/aromatic N) is 5. The van der Waals surface area contributed by atoms with Crippen LogP contribution < -0.4 is 0 Å². The van der Waals surface area contributed by atoms with Crippen molar-refractivity contribution in [3.8, 4) is 22.8 Å². The second kappa shape index (κ2) is 4.68. The Morgan fingerprint density at radius 3 is 2.95 bits per heavy atom. The van der Waals surface area contributed by atoms with Crippen LogP contribution in [0.4, 0.5) is 0 Å². The van der Waals surface area contributed by atoms with E-state index in [4.69, 9.17) is 16.1 Å². The molecular weight excluding hydrogens is 290 g/mol. The van der Waals surface area contributed by atoms with Gasteiger partial charge < -0.3 is 4.52 Å². The molecule has 0 N–H and O–H groups in total. The van der Waals surface area contributed by atoms with Gasteiger partial charge in [-0.15, -0.1) is 10.2 Å². The molecule has 1 aromatic carbocycles. The van der Waals surface area contributed by atoms with Gasteiger partial charge in [-0.1, -0.05) is 22.8 Å². The van der Waals surface area contributed by atoms with Crippen molar-refractivity contribution < 1.29 is 4.52 Å². The van der Waals surface area contributed by atoms with Gasteiger partial charge in [-0.3, -0.25) is 4.40 Å². The molecule has 0 aliphatic heterocycles. The number of benzene rings is 1. The Hall–Kier alpha value is -2.73. The maximum atomic E-state index is 5.96. The van der Waals surface area contributed by atoms with Crippen LogP contribution in [0.15, 0.2) is 53.4 Å². The lowest BCUT2D eigenvalue weighted by Gasteiger charge is -1.96. The van der Waals surface area contributed by atoms with Crippen LogP contribution in [0.1, 0.15) is 0 Å². The van der Waals surface area contributed by atoms with Gasteiger partial charge in [-0.25, -0.2) is 0 Å². The van der Waals surface area contributed by atoms with Gasteiger partial charge in [0.2, 0.25) is 5.82 Å². The highest BCUT2D eigenvalue weighted by Crippen LogP contribution is 2.24. The Morgan fingerprint density at radius 1 is 1.10 bits per heavy atom. The molecule has 6 nitrogen and oxygen atoms in total. The highest BCUT2D eigenvalue weighted by atomic mass is 35.5. The lowest BCUT2D eigenvalue weighted by atomic mass is 10.2. The fourth-order valence-corrected chi connectivity index (χ4v) is 2.23. The quantitative estimate of drug-likeness (QED) is 0.568. The molecule has 0 unspecified atom stereocenters. The van der Waals surface area contributed by atoms with Gasteiger partial charge in [0.15, 0.2) is 5.65 Å². The van der Waals surface area contributed by atoms with Crippen molar-refractivity contribution in [2.75, 3.05) is 0 Å². The van der Waals surface area contributed by atoms with Crippen LogP contribution in [0.5, 0.6) is 0 Å². The van der Waals surface area contributed by atoms with Crippen molar-refractivity contribution >= 4 is 17.2 Å². The molecule has 102 valence electrons. The molecule has 0 spiro atoms. The Labute approximate surface area is 124 Å². The highest BCUT2D eigenvalue weighted by molar-refractivity contribution is 6.30. The fourth-order valence-electron chi connectivity index (χ4n) is 2.04. The Kier molecular flexibility index (Phi) is 2.68. The van der Waals surface area contributed by atoms with Gasteiger partial charge in [0.25, 0.3) is 5.89 Å². The second-order valence-electron chi connectivity index (χ2n) is 4.45. The highest BCUT2D eigenvalue weighted by Gasteiger charge is 2.11. The first-order valence-electron chi connectivity index (χ1n) is 6.19. The van der Waals surface area contributed by atoms with E-state index < -0.39 is 0 Å². The van der Waals surface area contributed by atoms with Crippen molar-refractivity contribution in [2.24, 2.45) is 0 Å². The summed E-state index contributed by atoms with van der Waals surface area (Å²) in [7, 11) is 0. The van der Waals surface area contributed by atoms with E-state index in [0.717, 1.165) is 16.8 Å². The summed E-state index contributed by atoms with van der Waals surface area (Å²) in [5.41, 5.74) is 2.36. The number of hydrogen-bond acceptors (Lipinski definition) is 5. The minimum Gasteiger partial charge on any atom is -0.334 e. The first-order chi connectivity index (χ1) is 10.3. The molecule has 0 bridgehead atoms. The van der Waals surface area contributed by atoms with Gasteiger partial charge in [-0.05, 0) is 30.3 Å². The van der Waals surface area contributed by atoms with Crippen LogP contribution in [0, 0.1) is 0 Å². The first kappa shape index (κ1) is 12.0. The molecule has 0 saturated heterocycles. The van der Waals surface area contributed by atoms with Gasteiger partial charge in [0.1, 0.15) is 6.33 Å². The number of halogens is 1. The first-order valence-corrected chi connectivity index (χ1v) is 6.57. The molecule has 21 heavy (non-hydrogen) atoms. The minimum atomic E-state index is 0.427. The summed E-state index contributed by atoms with van der Waals surface area (Å²) in [5, 5.41) is 12.4. The molecule has 0 fully saturated rings. The van der Waals surface area contributed by atoms with E-state index in [2.05, 4.69) is 20.3 Å². The fraction of sp³-hybridized carbons (Fsp3) is 0. The molecule has 0 amide bonds. The molecule has 3 heterocycles. The van der Waals surface area contributed by atoms with Crippen molar-refractivity contribution in [1.82, 2.24) is 24.7 Å². The Morgan fingerprint density at radius 2 is 2.05 bits per heavy atom. The van der Waals surface area contributed by atoms with Crippen LogP contribution in [0.25, 0.3) is 28.5 Å². The molecule has 0 aliphatic carbocycles. The van der Waals surface area contributed by atoms with E-state index in [-0.39, 0.29) is 0 Å². The normalized spacial score (nSPS) is 11.1. The van der Waals surface area contributed by atoms with Crippen LogP contribution in [-0.4, -0.2) is 24.7 Å². The zero-order chi connectivity index (χ0) is 14.2. The third-order valence-corrected chi connectivity index (χ3v) is 3.28. The molecule has 4 aromatic rings. The number of fused-ring (bicyclic) bond motifs is 1. The van der Waals surface area contributed by atoms with Gasteiger partial charge in [0, 0.05) is 22.3 Å². The summed E-state index contributed by atoms with van der Waals surface area (Å²) < 4.78 is 7.09. The maximum absolute atomic E-state index is 5.96. The van der Waals surface area contributed by atoms with Gasteiger partial charge in [-0.2, -0.15) is 4.98 Å². The van der Waals surface area contributed by atoms with E-state index >= 15 is 0 Å². The van der Waals surface area contributed by atoms with E-state index in [1.165, 1.54) is 0 Å². The molecule has 0 aliphatic rings. The lowest BCUT2D eigenvalue weighted by molar-refractivity contribution is 0.432. The van der Waals surface area contributed by atoms with Crippen LogP contribution in [0.3, 0.4) is 0 Å². The minimum absolute atomic E-state index is 0.427. The number of hydrogen-bond donors (Lipinski definition) is 0. The SMILES string of the molecule is Clc1cccc(-c2nc(-c3ccc4nncn4c3)no2)c1. The average Bonchev–Trinajstić information content (AvgIpc) is 3.15. The molecule has 7 heteroatoms. The molecule has 0 radical (unpaired) electrons. The summed E-state index contributed by atoms with van der Waals surface area (Å²) >= 11 is 5.96. The van der Waals surface area contributed by atoms with Crippen LogP contribution in [0.2, 0.25) is 5.02 Å². The van der Waals surface area contributed by atoms with Crippen molar-refractivity contribution in [3.63, 3.8) is 0 Å². The Bertz CT molecular complexity index is 930. The van der Waals surface area contributed by atoms with E-state index in [9.17, 15) is 0 Å². The molecule has 3 aromatic heterocycles. The number of aromatic nitrogens is 5. The average molecular weight is 298 g/mol. The monoisotopic (exact) mass is 297 g/mol. The van der Waals surface area contributed by atoms with Crippen LogP contribution in [-0.2, 0) is 0 Å². The molecule has 0 atom stereocenters. The lowest BCUT2D eigenvalue weighted by Crippen LogP contribution is -1.87. The van der Waals surface area contributed by atoms with E-state index in [0.29, 0.717) is 16.7 Å². The van der Waals surface area contributed by atoms with Crippen molar-refractivity contribution in [3.05, 3.63) is 53.9 Å². The third-order valence-electron chi connectivity index (χ3n) is 3.05. The summed E-state index contributed by atoms with van der Waals surface area (Å²) in [4.78, 5) is 4.39. The number of rotatable bonds is 2. The third kappa shape index (κ3) is 2.15. The zero-order valence-electron chi connectivity index (χ0n) is 10.6. The summed E-state index contributed by atoms with van der Waals surface area (Å²) in [5.74, 6) is 0.928. The van der Waals surface area contributed by atoms with Crippen molar-refractivity contribution in [2.45, 2.75) is 0 Å². The van der Waals surface area contributed by atoms with Gasteiger partial charge >= 0.3 is 0 Å². The Balaban J connectivity index is 1.76. The summed E-state index contributed by atoms with van der Waals surface area (Å²) in [6.45, 7) is 0. The van der Waals surface area contributed by atoms with Gasteiger partial charge in [0.05, 0.1) is 0 Å². The molecule has 4 rings (SSSR count). The smallest absolute Gasteiger partial charge is 0.258 e. The summed E-state index contributed by atoms with van der Waals surface area (Å²) in [6, 6.07) is 11.0. The number of pyridine rings is 1. The van der Waals surface area contributed by atoms with Crippen molar-refractivity contribution in [1.29, 1.82) is 0 Å². The summed E-state index contributed by atoms with van der Waals surface area (Å²) in [6.07, 6.45) is 3.47. The predicted octanol–water partition coefficient (Wildman–Crippen LogP) is 3.10. The maximum Gasteiger partial charge on any atom is 0.258 e. The topological polar surface area (TPSA) is 69.1 Å².